The highest BCUT2D eigenvalue weighted by atomic mass is 35.5. The van der Waals surface area contributed by atoms with Crippen LogP contribution < -0.4 is 10.1 Å². The average molecular weight is 402 g/mol. The van der Waals surface area contributed by atoms with Gasteiger partial charge < -0.3 is 10.1 Å². The van der Waals surface area contributed by atoms with Crippen molar-refractivity contribution in [3.63, 3.8) is 0 Å². The molecule has 1 aliphatic carbocycles. The van der Waals surface area contributed by atoms with E-state index in [4.69, 9.17) is 27.9 Å². The maximum absolute atomic E-state index is 13.0. The van der Waals surface area contributed by atoms with Crippen LogP contribution in [0.5, 0.6) is 5.75 Å². The van der Waals surface area contributed by atoms with Gasteiger partial charge in [0.1, 0.15) is 11.2 Å². The number of amides is 1. The van der Waals surface area contributed by atoms with Crippen molar-refractivity contribution in [2.24, 2.45) is 0 Å². The van der Waals surface area contributed by atoms with Gasteiger partial charge >= 0.3 is 6.18 Å². The summed E-state index contributed by atoms with van der Waals surface area (Å²) in [4.78, 5) is 12.9. The molecule has 2 aliphatic rings. The monoisotopic (exact) mass is 401 g/mol. The smallest absolute Gasteiger partial charge is 0.416 e. The molecule has 0 unspecified atom stereocenters. The minimum atomic E-state index is -4.49. The van der Waals surface area contributed by atoms with E-state index in [2.05, 4.69) is 5.32 Å². The van der Waals surface area contributed by atoms with Crippen LogP contribution in [-0.4, -0.2) is 13.0 Å². The molecule has 26 heavy (non-hydrogen) atoms. The van der Waals surface area contributed by atoms with Crippen molar-refractivity contribution < 1.29 is 22.7 Å². The number of nitrogens with one attached hydrogen (secondary N) is 1. The average Bonchev–Trinajstić information content (AvgIpc) is 3.08. The van der Waals surface area contributed by atoms with Crippen LogP contribution in [0.4, 0.5) is 18.9 Å². The summed E-state index contributed by atoms with van der Waals surface area (Å²) in [5.41, 5.74) is -0.0803. The van der Waals surface area contributed by atoms with E-state index in [-0.39, 0.29) is 10.7 Å². The number of alkyl halides is 3. The number of methoxy groups -OCH3 is 1. The van der Waals surface area contributed by atoms with E-state index >= 15 is 0 Å². The van der Waals surface area contributed by atoms with Gasteiger partial charge in [-0.2, -0.15) is 13.2 Å². The van der Waals surface area contributed by atoms with Gasteiger partial charge in [-0.3, -0.25) is 4.79 Å². The third-order valence-electron chi connectivity index (χ3n) is 5.11. The number of rotatable bonds is 1. The Labute approximate surface area is 157 Å². The van der Waals surface area contributed by atoms with E-state index in [0.29, 0.717) is 34.7 Å². The largest absolute Gasteiger partial charge is 0.495 e. The highest BCUT2D eigenvalue weighted by Crippen LogP contribution is 2.57. The molecule has 2 aromatic carbocycles. The van der Waals surface area contributed by atoms with E-state index in [1.807, 2.05) is 0 Å². The summed E-state index contributed by atoms with van der Waals surface area (Å²) < 4.78 is 44.5. The fraction of sp³-hybridized carbons (Fsp3) is 0.278. The van der Waals surface area contributed by atoms with Gasteiger partial charge in [0.25, 0.3) is 0 Å². The van der Waals surface area contributed by atoms with Crippen molar-refractivity contribution in [3.8, 4) is 5.75 Å². The second kappa shape index (κ2) is 5.54. The number of carbonyl (C=O) groups excluding carboxylic acids is 1. The Morgan fingerprint density at radius 1 is 1.19 bits per heavy atom. The molecule has 1 amide bonds. The van der Waals surface area contributed by atoms with Crippen LogP contribution in [0.15, 0.2) is 24.3 Å². The number of hydrogen-bond acceptors (Lipinski definition) is 2. The molecule has 0 aromatic heterocycles. The van der Waals surface area contributed by atoms with Crippen LogP contribution in [0.1, 0.15) is 28.7 Å². The van der Waals surface area contributed by atoms with Crippen LogP contribution in [0.2, 0.25) is 10.0 Å². The van der Waals surface area contributed by atoms with Gasteiger partial charge in [0, 0.05) is 16.3 Å². The van der Waals surface area contributed by atoms with Crippen molar-refractivity contribution in [1.82, 2.24) is 0 Å². The molecular weight excluding hydrogens is 390 g/mol. The van der Waals surface area contributed by atoms with E-state index in [0.717, 1.165) is 17.7 Å². The highest BCUT2D eigenvalue weighted by Gasteiger charge is 2.54. The molecule has 3 nitrogen and oxygen atoms in total. The fourth-order valence-corrected chi connectivity index (χ4v) is 4.65. The zero-order valence-corrected chi connectivity index (χ0v) is 14.9. The maximum Gasteiger partial charge on any atom is 0.416 e. The summed E-state index contributed by atoms with van der Waals surface area (Å²) in [7, 11) is 1.43. The number of fused-ring (bicyclic) bond motifs is 4. The molecule has 136 valence electrons. The second-order valence-electron chi connectivity index (χ2n) is 6.34. The molecule has 1 spiro atoms. The Morgan fingerprint density at radius 3 is 2.58 bits per heavy atom. The predicted octanol–water partition coefficient (Wildman–Crippen LogP) is 5.21. The molecule has 0 bridgehead atoms. The lowest BCUT2D eigenvalue weighted by molar-refractivity contribution is -0.137. The zero-order valence-electron chi connectivity index (χ0n) is 13.4. The first-order chi connectivity index (χ1) is 12.2. The van der Waals surface area contributed by atoms with E-state index in [1.165, 1.54) is 13.2 Å². The number of ether oxygens (including phenoxy) is 1. The number of hydrogen-bond donors (Lipinski definition) is 1. The van der Waals surface area contributed by atoms with Gasteiger partial charge in [-0.25, -0.2) is 0 Å². The number of halogens is 5. The first kappa shape index (κ1) is 17.5. The quantitative estimate of drug-likeness (QED) is 0.712. The van der Waals surface area contributed by atoms with Crippen LogP contribution in [-0.2, 0) is 22.8 Å². The van der Waals surface area contributed by atoms with Crippen LogP contribution in [0.25, 0.3) is 0 Å². The lowest BCUT2D eigenvalue weighted by Crippen LogP contribution is -2.33. The predicted molar refractivity (Wildman–Crippen MR) is 92.2 cm³/mol. The minimum absolute atomic E-state index is 0.149. The standard InChI is InChI=1S/C18H12Cl2F3NO2/c1-26-15-12(20)7-11(19)9-4-5-17(14(9)15)10-3-2-8(18(21,22)23)6-13(10)24-16(17)25/h2-3,6-7H,4-5H2,1H3,(H,24,25)/t17-/m0/s1. The van der Waals surface area contributed by atoms with Crippen LogP contribution >= 0.6 is 23.2 Å². The number of carbonyl (C=O) groups is 1. The first-order valence-corrected chi connectivity index (χ1v) is 8.54. The molecule has 1 heterocycles. The summed E-state index contributed by atoms with van der Waals surface area (Å²) in [5.74, 6) is -0.0753. The van der Waals surface area contributed by atoms with Crippen molar-refractivity contribution in [3.05, 3.63) is 56.6 Å². The summed E-state index contributed by atoms with van der Waals surface area (Å²) >= 11 is 12.5. The molecule has 0 fully saturated rings. The molecule has 2 aromatic rings. The van der Waals surface area contributed by atoms with Gasteiger partial charge in [0.05, 0.1) is 17.7 Å². The Bertz CT molecular complexity index is 958. The van der Waals surface area contributed by atoms with Crippen molar-refractivity contribution in [1.29, 1.82) is 0 Å². The highest BCUT2D eigenvalue weighted by molar-refractivity contribution is 6.36. The minimum Gasteiger partial charge on any atom is -0.495 e. The molecule has 4 rings (SSSR count). The number of benzene rings is 2. The number of anilines is 1. The van der Waals surface area contributed by atoms with Gasteiger partial charge in [0.15, 0.2) is 0 Å². The Balaban J connectivity index is 2.00. The summed E-state index contributed by atoms with van der Waals surface area (Å²) in [6, 6.07) is 4.84. The molecule has 1 aliphatic heterocycles. The Morgan fingerprint density at radius 2 is 1.92 bits per heavy atom. The first-order valence-electron chi connectivity index (χ1n) is 7.78. The van der Waals surface area contributed by atoms with E-state index in [1.54, 1.807) is 6.07 Å². The SMILES string of the molecule is COc1c(Cl)cc(Cl)c2c1[C@@]1(CC2)C(=O)Nc2cc(C(F)(F)F)ccc21. The zero-order chi connectivity index (χ0) is 18.9. The lowest BCUT2D eigenvalue weighted by atomic mass is 9.76. The van der Waals surface area contributed by atoms with Crippen molar-refractivity contribution >= 4 is 34.8 Å². The molecule has 1 atom stereocenters. The van der Waals surface area contributed by atoms with Gasteiger partial charge in [-0.05, 0) is 42.2 Å². The van der Waals surface area contributed by atoms with E-state index < -0.39 is 23.1 Å². The molecule has 8 heteroatoms. The summed E-state index contributed by atoms with van der Waals surface area (Å²) in [6.07, 6.45) is -3.62. The third-order valence-corrected chi connectivity index (χ3v) is 5.73. The Kier molecular flexibility index (Phi) is 3.72. The van der Waals surface area contributed by atoms with Gasteiger partial charge in [-0.1, -0.05) is 29.3 Å². The Hall–Kier alpha value is -1.92. The third kappa shape index (κ3) is 2.18. The van der Waals surface area contributed by atoms with Crippen molar-refractivity contribution in [2.45, 2.75) is 24.4 Å². The maximum atomic E-state index is 13.0. The summed E-state index contributed by atoms with van der Waals surface area (Å²) in [6.45, 7) is 0. The fourth-order valence-electron chi connectivity index (χ4n) is 4.02. The normalized spacial score (nSPS) is 20.9. The van der Waals surface area contributed by atoms with Crippen LogP contribution in [0, 0.1) is 0 Å². The van der Waals surface area contributed by atoms with Crippen LogP contribution in [0.3, 0.4) is 0 Å². The second-order valence-corrected chi connectivity index (χ2v) is 7.16. The topological polar surface area (TPSA) is 38.3 Å². The van der Waals surface area contributed by atoms with Gasteiger partial charge in [-0.15, -0.1) is 0 Å². The molecular formula is C18H12Cl2F3NO2. The van der Waals surface area contributed by atoms with Crippen molar-refractivity contribution in [2.75, 3.05) is 12.4 Å². The molecule has 0 saturated carbocycles. The molecule has 0 saturated heterocycles. The van der Waals surface area contributed by atoms with E-state index in [9.17, 15) is 18.0 Å². The summed E-state index contributed by atoms with van der Waals surface area (Å²) in [5, 5.41) is 3.26. The van der Waals surface area contributed by atoms with Gasteiger partial charge in [0.2, 0.25) is 5.91 Å². The lowest BCUT2D eigenvalue weighted by Gasteiger charge is -2.26. The molecule has 1 N–H and O–H groups in total. The molecule has 0 radical (unpaired) electrons.